The zero-order valence-electron chi connectivity index (χ0n) is 10.7. The SMILES string of the molecule is CC1CCC(CCC(=O)NC(C)(C)C(=O)O)O1. The zero-order valence-corrected chi connectivity index (χ0v) is 10.7. The topological polar surface area (TPSA) is 75.6 Å². The average Bonchev–Trinajstić information content (AvgIpc) is 2.60. The minimum Gasteiger partial charge on any atom is -0.480 e. The van der Waals surface area contributed by atoms with Crippen LogP contribution < -0.4 is 5.32 Å². The van der Waals surface area contributed by atoms with Crippen LogP contribution in [0.1, 0.15) is 46.5 Å². The average molecular weight is 243 g/mol. The summed E-state index contributed by atoms with van der Waals surface area (Å²) in [6.45, 7) is 4.97. The van der Waals surface area contributed by atoms with Crippen LogP contribution in [0.3, 0.4) is 0 Å². The number of ether oxygens (including phenoxy) is 1. The zero-order chi connectivity index (χ0) is 13.1. The molecular weight excluding hydrogens is 222 g/mol. The van der Waals surface area contributed by atoms with Crippen LogP contribution in [0.5, 0.6) is 0 Å². The highest BCUT2D eigenvalue weighted by atomic mass is 16.5. The van der Waals surface area contributed by atoms with E-state index < -0.39 is 11.5 Å². The Morgan fingerprint density at radius 2 is 2.06 bits per heavy atom. The molecule has 0 aromatic carbocycles. The first-order valence-corrected chi connectivity index (χ1v) is 6.01. The molecule has 0 radical (unpaired) electrons. The highest BCUT2D eigenvalue weighted by Crippen LogP contribution is 2.22. The lowest BCUT2D eigenvalue weighted by atomic mass is 10.0. The maximum absolute atomic E-state index is 11.6. The molecule has 1 aliphatic rings. The summed E-state index contributed by atoms with van der Waals surface area (Å²) in [5.74, 6) is -1.27. The molecule has 17 heavy (non-hydrogen) atoms. The van der Waals surface area contributed by atoms with Crippen LogP contribution in [0.2, 0.25) is 0 Å². The van der Waals surface area contributed by atoms with Gasteiger partial charge in [0.15, 0.2) is 0 Å². The molecule has 1 amide bonds. The van der Waals surface area contributed by atoms with Crippen molar-refractivity contribution in [1.29, 1.82) is 0 Å². The number of hydrogen-bond donors (Lipinski definition) is 2. The fraction of sp³-hybridized carbons (Fsp3) is 0.833. The number of carboxylic acid groups (broad SMARTS) is 1. The van der Waals surface area contributed by atoms with E-state index in [0.717, 1.165) is 12.8 Å². The van der Waals surface area contributed by atoms with E-state index in [-0.39, 0.29) is 18.1 Å². The summed E-state index contributed by atoms with van der Waals surface area (Å²) in [7, 11) is 0. The van der Waals surface area contributed by atoms with E-state index in [9.17, 15) is 9.59 Å². The van der Waals surface area contributed by atoms with Crippen LogP contribution in [-0.2, 0) is 14.3 Å². The van der Waals surface area contributed by atoms with Crippen LogP contribution in [0.25, 0.3) is 0 Å². The van der Waals surface area contributed by atoms with Gasteiger partial charge in [-0.25, -0.2) is 4.79 Å². The standard InChI is InChI=1S/C12H21NO4/c1-8-4-5-9(17-8)6-7-10(14)13-12(2,3)11(15)16/h8-9H,4-7H2,1-3H3,(H,13,14)(H,15,16). The number of carbonyl (C=O) groups excluding carboxylic acids is 1. The lowest BCUT2D eigenvalue weighted by Crippen LogP contribution is -2.49. The van der Waals surface area contributed by atoms with E-state index in [0.29, 0.717) is 12.8 Å². The highest BCUT2D eigenvalue weighted by Gasteiger charge is 2.29. The van der Waals surface area contributed by atoms with Crippen LogP contribution in [0, 0.1) is 0 Å². The molecule has 1 rings (SSSR count). The highest BCUT2D eigenvalue weighted by molar-refractivity contribution is 5.86. The number of nitrogens with one attached hydrogen (secondary N) is 1. The van der Waals surface area contributed by atoms with Gasteiger partial charge in [-0.2, -0.15) is 0 Å². The molecule has 0 bridgehead atoms. The van der Waals surface area contributed by atoms with E-state index >= 15 is 0 Å². The van der Waals surface area contributed by atoms with Crippen molar-refractivity contribution in [3.63, 3.8) is 0 Å². The molecule has 5 heteroatoms. The fourth-order valence-electron chi connectivity index (χ4n) is 1.85. The largest absolute Gasteiger partial charge is 0.480 e. The number of amides is 1. The van der Waals surface area contributed by atoms with Gasteiger partial charge in [-0.05, 0) is 40.0 Å². The molecule has 98 valence electrons. The normalized spacial score (nSPS) is 24.6. The summed E-state index contributed by atoms with van der Waals surface area (Å²) in [4.78, 5) is 22.4. The minimum absolute atomic E-state index is 0.142. The molecule has 1 saturated heterocycles. The molecule has 2 N–H and O–H groups in total. The number of carboxylic acids is 1. The second-order valence-corrected chi connectivity index (χ2v) is 5.16. The Balaban J connectivity index is 2.28. The van der Waals surface area contributed by atoms with Crippen molar-refractivity contribution in [2.24, 2.45) is 0 Å². The lowest BCUT2D eigenvalue weighted by molar-refractivity contribution is -0.146. The Labute approximate surface area is 102 Å². The van der Waals surface area contributed by atoms with E-state index in [1.54, 1.807) is 0 Å². The summed E-state index contributed by atoms with van der Waals surface area (Å²) in [6, 6.07) is 0. The van der Waals surface area contributed by atoms with Crippen molar-refractivity contribution in [3.8, 4) is 0 Å². The first-order valence-electron chi connectivity index (χ1n) is 6.01. The van der Waals surface area contributed by atoms with E-state index in [2.05, 4.69) is 5.32 Å². The van der Waals surface area contributed by atoms with Gasteiger partial charge in [0.25, 0.3) is 0 Å². The maximum atomic E-state index is 11.6. The molecule has 5 nitrogen and oxygen atoms in total. The third kappa shape index (κ3) is 4.34. The molecule has 0 aliphatic carbocycles. The van der Waals surface area contributed by atoms with Gasteiger partial charge in [0.1, 0.15) is 5.54 Å². The molecular formula is C12H21NO4. The molecule has 0 aromatic rings. The Bertz CT molecular complexity index is 301. The maximum Gasteiger partial charge on any atom is 0.328 e. The van der Waals surface area contributed by atoms with Crippen LogP contribution in [0.4, 0.5) is 0 Å². The number of rotatable bonds is 5. The van der Waals surface area contributed by atoms with Gasteiger partial charge in [-0.1, -0.05) is 0 Å². The monoisotopic (exact) mass is 243 g/mol. The van der Waals surface area contributed by atoms with Crippen molar-refractivity contribution in [2.75, 3.05) is 0 Å². The molecule has 1 aliphatic heterocycles. The second-order valence-electron chi connectivity index (χ2n) is 5.16. The number of carbonyl (C=O) groups is 2. The van der Waals surface area contributed by atoms with Gasteiger partial charge in [0, 0.05) is 6.42 Å². The predicted octanol–water partition coefficient (Wildman–Crippen LogP) is 1.31. The molecule has 0 aromatic heterocycles. The second kappa shape index (κ2) is 5.49. The third-order valence-electron chi connectivity index (χ3n) is 3.00. The Kier molecular flexibility index (Phi) is 4.51. The Morgan fingerprint density at radius 3 is 2.53 bits per heavy atom. The van der Waals surface area contributed by atoms with Crippen molar-refractivity contribution in [2.45, 2.75) is 64.2 Å². The number of aliphatic carboxylic acids is 1. The Morgan fingerprint density at radius 1 is 1.41 bits per heavy atom. The minimum atomic E-state index is -1.21. The van der Waals surface area contributed by atoms with Crippen molar-refractivity contribution in [1.82, 2.24) is 5.32 Å². The molecule has 2 unspecified atom stereocenters. The van der Waals surface area contributed by atoms with E-state index in [1.165, 1.54) is 13.8 Å². The molecule has 0 saturated carbocycles. The van der Waals surface area contributed by atoms with Gasteiger partial charge in [0.2, 0.25) is 5.91 Å². The summed E-state index contributed by atoms with van der Waals surface area (Å²) in [6.07, 6.45) is 3.41. The first-order chi connectivity index (χ1) is 7.81. The molecule has 0 spiro atoms. The summed E-state index contributed by atoms with van der Waals surface area (Å²) in [5.41, 5.74) is -1.21. The van der Waals surface area contributed by atoms with Crippen LogP contribution in [-0.4, -0.2) is 34.7 Å². The summed E-state index contributed by atoms with van der Waals surface area (Å²) < 4.78 is 5.59. The van der Waals surface area contributed by atoms with Crippen LogP contribution >= 0.6 is 0 Å². The van der Waals surface area contributed by atoms with Gasteiger partial charge in [0.05, 0.1) is 12.2 Å². The van der Waals surface area contributed by atoms with Crippen LogP contribution in [0.15, 0.2) is 0 Å². The van der Waals surface area contributed by atoms with E-state index in [4.69, 9.17) is 9.84 Å². The Hall–Kier alpha value is -1.10. The summed E-state index contributed by atoms with van der Waals surface area (Å²) in [5, 5.41) is 11.4. The molecule has 1 heterocycles. The van der Waals surface area contributed by atoms with Crippen molar-refractivity contribution in [3.05, 3.63) is 0 Å². The van der Waals surface area contributed by atoms with Gasteiger partial charge in [-0.3, -0.25) is 4.79 Å². The molecule has 1 fully saturated rings. The van der Waals surface area contributed by atoms with E-state index in [1.807, 2.05) is 6.92 Å². The van der Waals surface area contributed by atoms with Gasteiger partial charge >= 0.3 is 5.97 Å². The first kappa shape index (κ1) is 14.0. The van der Waals surface area contributed by atoms with Gasteiger partial charge in [-0.15, -0.1) is 0 Å². The smallest absolute Gasteiger partial charge is 0.328 e. The van der Waals surface area contributed by atoms with Crippen molar-refractivity contribution < 1.29 is 19.4 Å². The van der Waals surface area contributed by atoms with Gasteiger partial charge < -0.3 is 15.2 Å². The predicted molar refractivity (Wildman–Crippen MR) is 62.7 cm³/mol. The molecule has 2 atom stereocenters. The number of hydrogen-bond acceptors (Lipinski definition) is 3. The quantitative estimate of drug-likeness (QED) is 0.763. The van der Waals surface area contributed by atoms with Crippen molar-refractivity contribution >= 4 is 11.9 Å². The lowest BCUT2D eigenvalue weighted by Gasteiger charge is -2.21. The summed E-state index contributed by atoms with van der Waals surface area (Å²) >= 11 is 0. The fourth-order valence-corrected chi connectivity index (χ4v) is 1.85. The third-order valence-corrected chi connectivity index (χ3v) is 3.00.